The number of fused-ring (bicyclic) bond motifs is 1. The van der Waals surface area contributed by atoms with Gasteiger partial charge in [-0.2, -0.15) is 4.98 Å². The van der Waals surface area contributed by atoms with Gasteiger partial charge in [0.15, 0.2) is 11.2 Å². The zero-order valence-electron chi connectivity index (χ0n) is 17.4. The summed E-state index contributed by atoms with van der Waals surface area (Å²) >= 11 is 6.17. The molecule has 0 bridgehead atoms. The lowest BCUT2D eigenvalue weighted by atomic mass is 10.2. The summed E-state index contributed by atoms with van der Waals surface area (Å²) in [5.74, 6) is 0.715. The van der Waals surface area contributed by atoms with Crippen LogP contribution in [-0.2, 0) is 13.6 Å². The zero-order chi connectivity index (χ0) is 21.3. The molecule has 0 radical (unpaired) electrons. The molecule has 3 aromatic rings. The summed E-state index contributed by atoms with van der Waals surface area (Å²) in [6, 6.07) is 7.57. The highest BCUT2D eigenvalue weighted by atomic mass is 35.5. The maximum atomic E-state index is 12.7. The van der Waals surface area contributed by atoms with E-state index in [1.165, 1.54) is 17.4 Å². The van der Waals surface area contributed by atoms with E-state index in [0.717, 1.165) is 38.3 Å². The standard InChI is InChI=1S/C21H27ClN6O2/c1-3-4-8-26-9-11-27(12-10-26)20-23-18-17(19(29)24-21(30)25(18)2)28(20)14-15-6-5-7-16(22)13-15/h5-7,13H,3-4,8-12,14H2,1-2H3,(H,24,29,30). The Balaban J connectivity index is 1.75. The van der Waals surface area contributed by atoms with Crippen LogP contribution in [0.15, 0.2) is 33.9 Å². The molecule has 1 aliphatic rings. The molecule has 1 saturated heterocycles. The summed E-state index contributed by atoms with van der Waals surface area (Å²) in [4.78, 5) is 36.6. The van der Waals surface area contributed by atoms with Crippen LogP contribution in [0.1, 0.15) is 25.3 Å². The Morgan fingerprint density at radius 2 is 1.93 bits per heavy atom. The van der Waals surface area contributed by atoms with Gasteiger partial charge in [-0.1, -0.05) is 37.1 Å². The number of rotatable bonds is 6. The highest BCUT2D eigenvalue weighted by molar-refractivity contribution is 6.30. The topological polar surface area (TPSA) is 79.2 Å². The van der Waals surface area contributed by atoms with Gasteiger partial charge >= 0.3 is 5.69 Å². The first-order chi connectivity index (χ1) is 14.5. The van der Waals surface area contributed by atoms with Crippen LogP contribution >= 0.6 is 11.6 Å². The van der Waals surface area contributed by atoms with Crippen molar-refractivity contribution in [2.24, 2.45) is 7.05 Å². The van der Waals surface area contributed by atoms with E-state index in [9.17, 15) is 9.59 Å². The molecule has 1 fully saturated rings. The summed E-state index contributed by atoms with van der Waals surface area (Å²) < 4.78 is 3.30. The summed E-state index contributed by atoms with van der Waals surface area (Å²) in [6.07, 6.45) is 2.39. The van der Waals surface area contributed by atoms with Crippen LogP contribution in [0, 0.1) is 0 Å². The zero-order valence-corrected chi connectivity index (χ0v) is 18.2. The van der Waals surface area contributed by atoms with Gasteiger partial charge in [0.25, 0.3) is 5.56 Å². The molecule has 4 rings (SSSR count). The quantitative estimate of drug-likeness (QED) is 0.647. The summed E-state index contributed by atoms with van der Waals surface area (Å²) in [6.45, 7) is 7.33. The summed E-state index contributed by atoms with van der Waals surface area (Å²) in [7, 11) is 1.63. The van der Waals surface area contributed by atoms with Crippen molar-refractivity contribution in [3.63, 3.8) is 0 Å². The Hall–Kier alpha value is -2.58. The molecule has 0 spiro atoms. The van der Waals surface area contributed by atoms with Crippen molar-refractivity contribution in [2.75, 3.05) is 37.6 Å². The number of aryl methyl sites for hydroxylation is 1. The largest absolute Gasteiger partial charge is 0.340 e. The average Bonchev–Trinajstić information content (AvgIpc) is 3.11. The monoisotopic (exact) mass is 430 g/mol. The van der Waals surface area contributed by atoms with Gasteiger partial charge in [-0.3, -0.25) is 23.8 Å². The molecule has 9 heteroatoms. The number of anilines is 1. The number of aromatic amines is 1. The van der Waals surface area contributed by atoms with E-state index in [2.05, 4.69) is 21.7 Å². The predicted molar refractivity (Wildman–Crippen MR) is 120 cm³/mol. The maximum absolute atomic E-state index is 12.7. The van der Waals surface area contributed by atoms with E-state index >= 15 is 0 Å². The third-order valence-corrected chi connectivity index (χ3v) is 5.93. The molecule has 1 aromatic carbocycles. The molecule has 2 aromatic heterocycles. The lowest BCUT2D eigenvalue weighted by molar-refractivity contribution is 0.252. The number of hydrogen-bond acceptors (Lipinski definition) is 5. The molecule has 0 saturated carbocycles. The summed E-state index contributed by atoms with van der Waals surface area (Å²) in [5, 5.41) is 0.643. The van der Waals surface area contributed by atoms with Crippen LogP contribution in [0.3, 0.4) is 0 Å². The van der Waals surface area contributed by atoms with Crippen LogP contribution in [0.5, 0.6) is 0 Å². The van der Waals surface area contributed by atoms with Crippen molar-refractivity contribution in [1.82, 2.24) is 24.0 Å². The van der Waals surface area contributed by atoms with E-state index in [0.29, 0.717) is 28.7 Å². The van der Waals surface area contributed by atoms with Crippen LogP contribution in [-0.4, -0.2) is 56.7 Å². The molecule has 3 heterocycles. The number of H-pyrrole nitrogens is 1. The molecule has 0 unspecified atom stereocenters. The van der Waals surface area contributed by atoms with Crippen LogP contribution < -0.4 is 16.1 Å². The fourth-order valence-electron chi connectivity index (χ4n) is 3.99. The van der Waals surface area contributed by atoms with Gasteiger partial charge in [0.05, 0.1) is 6.54 Å². The highest BCUT2D eigenvalue weighted by Crippen LogP contribution is 2.23. The SMILES string of the molecule is CCCCN1CCN(c2nc3c(c(=O)[nH]c(=O)n3C)n2Cc2cccc(Cl)c2)CC1. The van der Waals surface area contributed by atoms with Gasteiger partial charge in [0.1, 0.15) is 0 Å². The van der Waals surface area contributed by atoms with Crippen molar-refractivity contribution in [3.05, 3.63) is 55.7 Å². The van der Waals surface area contributed by atoms with Gasteiger partial charge in [0.2, 0.25) is 5.95 Å². The molecule has 30 heavy (non-hydrogen) atoms. The smallest absolute Gasteiger partial charge is 0.329 e. The van der Waals surface area contributed by atoms with E-state index < -0.39 is 11.2 Å². The minimum Gasteiger partial charge on any atom is -0.340 e. The second-order valence-electron chi connectivity index (χ2n) is 7.80. The third-order valence-electron chi connectivity index (χ3n) is 5.70. The van der Waals surface area contributed by atoms with Gasteiger partial charge < -0.3 is 4.90 Å². The number of hydrogen-bond donors (Lipinski definition) is 1. The molecule has 1 aliphatic heterocycles. The highest BCUT2D eigenvalue weighted by Gasteiger charge is 2.24. The molecule has 8 nitrogen and oxygen atoms in total. The number of nitrogens with one attached hydrogen (secondary N) is 1. The minimum atomic E-state index is -0.462. The minimum absolute atomic E-state index is 0.397. The van der Waals surface area contributed by atoms with Gasteiger partial charge in [-0.15, -0.1) is 0 Å². The van der Waals surface area contributed by atoms with Gasteiger partial charge in [0, 0.05) is 38.2 Å². The maximum Gasteiger partial charge on any atom is 0.329 e. The number of benzene rings is 1. The van der Waals surface area contributed by atoms with Gasteiger partial charge in [-0.25, -0.2) is 4.79 Å². The Bertz CT molecular complexity index is 1160. The second kappa shape index (κ2) is 8.65. The van der Waals surface area contributed by atoms with Crippen molar-refractivity contribution in [3.8, 4) is 0 Å². The number of unbranched alkanes of at least 4 members (excludes halogenated alkanes) is 1. The van der Waals surface area contributed by atoms with Crippen LogP contribution in [0.2, 0.25) is 5.02 Å². The lowest BCUT2D eigenvalue weighted by Crippen LogP contribution is -2.47. The van der Waals surface area contributed by atoms with Crippen molar-refractivity contribution in [1.29, 1.82) is 0 Å². The van der Waals surface area contributed by atoms with Crippen LogP contribution in [0.4, 0.5) is 5.95 Å². The number of halogens is 1. The first-order valence-electron chi connectivity index (χ1n) is 10.4. The molecule has 0 amide bonds. The second-order valence-corrected chi connectivity index (χ2v) is 8.24. The molecule has 0 aliphatic carbocycles. The molecule has 1 N–H and O–H groups in total. The fourth-order valence-corrected chi connectivity index (χ4v) is 4.20. The van der Waals surface area contributed by atoms with E-state index in [-0.39, 0.29) is 0 Å². The first kappa shape index (κ1) is 20.7. The van der Waals surface area contributed by atoms with Crippen molar-refractivity contribution < 1.29 is 0 Å². The predicted octanol–water partition coefficient (Wildman–Crippen LogP) is 2.05. The number of nitrogens with zero attached hydrogens (tertiary/aromatic N) is 5. The Morgan fingerprint density at radius 3 is 2.63 bits per heavy atom. The molecular weight excluding hydrogens is 404 g/mol. The Labute approximate surface area is 179 Å². The van der Waals surface area contributed by atoms with E-state index in [1.807, 2.05) is 28.8 Å². The van der Waals surface area contributed by atoms with Crippen molar-refractivity contribution >= 4 is 28.7 Å². The third kappa shape index (κ3) is 4.02. The first-order valence-corrected chi connectivity index (χ1v) is 10.8. The molecule has 160 valence electrons. The van der Waals surface area contributed by atoms with E-state index in [1.54, 1.807) is 7.05 Å². The Morgan fingerprint density at radius 1 is 1.17 bits per heavy atom. The number of aromatic nitrogens is 4. The molecule has 0 atom stereocenters. The van der Waals surface area contributed by atoms with E-state index in [4.69, 9.17) is 16.6 Å². The molecular formula is C21H27ClN6O2. The van der Waals surface area contributed by atoms with Gasteiger partial charge in [-0.05, 0) is 30.7 Å². The lowest BCUT2D eigenvalue weighted by Gasteiger charge is -2.35. The normalized spacial score (nSPS) is 15.2. The van der Waals surface area contributed by atoms with Crippen molar-refractivity contribution in [2.45, 2.75) is 26.3 Å². The fraction of sp³-hybridized carbons (Fsp3) is 0.476. The van der Waals surface area contributed by atoms with Crippen LogP contribution in [0.25, 0.3) is 11.2 Å². The number of piperazine rings is 1. The number of imidazole rings is 1. The summed E-state index contributed by atoms with van der Waals surface area (Å²) in [5.41, 5.74) is 0.888. The Kier molecular flexibility index (Phi) is 5.97. The average molecular weight is 431 g/mol.